The van der Waals surface area contributed by atoms with Crippen molar-refractivity contribution in [3.05, 3.63) is 35.5 Å². The van der Waals surface area contributed by atoms with E-state index in [0.29, 0.717) is 24.1 Å². The molecule has 6 heteroatoms. The van der Waals surface area contributed by atoms with Crippen LogP contribution >= 0.6 is 0 Å². The van der Waals surface area contributed by atoms with Crippen molar-refractivity contribution in [3.8, 4) is 11.5 Å². The molecule has 0 saturated carbocycles. The Hall–Kier alpha value is -2.08. The zero-order chi connectivity index (χ0) is 15.1. The number of ether oxygens (including phenoxy) is 2. The molecule has 0 spiro atoms. The van der Waals surface area contributed by atoms with Gasteiger partial charge in [-0.25, -0.2) is 0 Å². The van der Waals surface area contributed by atoms with Crippen LogP contribution in [0.5, 0.6) is 11.5 Å². The highest BCUT2D eigenvalue weighted by Gasteiger charge is 2.09. The van der Waals surface area contributed by atoms with Gasteiger partial charge in [0.05, 0.1) is 6.61 Å². The summed E-state index contributed by atoms with van der Waals surface area (Å²) in [7, 11) is 0. The van der Waals surface area contributed by atoms with Crippen molar-refractivity contribution in [3.63, 3.8) is 0 Å². The molecule has 0 aliphatic heterocycles. The standard InChI is InChI=1S/C15H21N3O3/c1-4-16-9-12-6-7-13(14(8-12)19-5-2)20-10-15-18-17-11(3)21-15/h6-8,16H,4-5,9-10H2,1-3H3. The molecule has 0 aliphatic rings. The van der Waals surface area contributed by atoms with E-state index in [0.717, 1.165) is 24.4 Å². The van der Waals surface area contributed by atoms with Gasteiger partial charge in [-0.1, -0.05) is 13.0 Å². The van der Waals surface area contributed by atoms with Gasteiger partial charge in [-0.3, -0.25) is 0 Å². The molecule has 0 saturated heterocycles. The molecule has 21 heavy (non-hydrogen) atoms. The zero-order valence-corrected chi connectivity index (χ0v) is 12.7. The molecular formula is C15H21N3O3. The quantitative estimate of drug-likeness (QED) is 0.805. The summed E-state index contributed by atoms with van der Waals surface area (Å²) < 4.78 is 16.6. The van der Waals surface area contributed by atoms with Crippen LogP contribution < -0.4 is 14.8 Å². The third-order valence-electron chi connectivity index (χ3n) is 2.81. The van der Waals surface area contributed by atoms with Crippen LogP contribution in [0.25, 0.3) is 0 Å². The maximum absolute atomic E-state index is 5.71. The number of rotatable bonds is 8. The summed E-state index contributed by atoms with van der Waals surface area (Å²) in [4.78, 5) is 0. The maximum atomic E-state index is 5.71. The van der Waals surface area contributed by atoms with Crippen molar-refractivity contribution in [2.45, 2.75) is 33.9 Å². The van der Waals surface area contributed by atoms with Gasteiger partial charge in [0.25, 0.3) is 5.89 Å². The second-order valence-electron chi connectivity index (χ2n) is 4.50. The van der Waals surface area contributed by atoms with Crippen molar-refractivity contribution in [2.24, 2.45) is 0 Å². The molecule has 0 radical (unpaired) electrons. The summed E-state index contributed by atoms with van der Waals surface area (Å²) in [5.74, 6) is 2.38. The van der Waals surface area contributed by atoms with Crippen LogP contribution in [-0.2, 0) is 13.2 Å². The molecule has 114 valence electrons. The van der Waals surface area contributed by atoms with Gasteiger partial charge in [0.1, 0.15) is 0 Å². The Morgan fingerprint density at radius 2 is 2.00 bits per heavy atom. The number of benzene rings is 1. The Morgan fingerprint density at radius 1 is 1.14 bits per heavy atom. The summed E-state index contributed by atoms with van der Waals surface area (Å²) >= 11 is 0. The highest BCUT2D eigenvalue weighted by Crippen LogP contribution is 2.29. The van der Waals surface area contributed by atoms with E-state index in [2.05, 4.69) is 22.4 Å². The fraction of sp³-hybridized carbons (Fsp3) is 0.467. The first kappa shape index (κ1) is 15.3. The predicted octanol–water partition coefficient (Wildman–Crippen LogP) is 2.47. The zero-order valence-electron chi connectivity index (χ0n) is 12.7. The minimum absolute atomic E-state index is 0.230. The van der Waals surface area contributed by atoms with E-state index in [1.165, 1.54) is 0 Å². The first-order valence-electron chi connectivity index (χ1n) is 7.11. The Labute approximate surface area is 124 Å². The lowest BCUT2D eigenvalue weighted by Gasteiger charge is -2.12. The van der Waals surface area contributed by atoms with E-state index in [1.807, 2.05) is 25.1 Å². The van der Waals surface area contributed by atoms with Crippen LogP contribution in [-0.4, -0.2) is 23.3 Å². The average Bonchev–Trinajstić information content (AvgIpc) is 2.90. The fourth-order valence-electron chi connectivity index (χ4n) is 1.85. The summed E-state index contributed by atoms with van der Waals surface area (Å²) in [6.45, 7) is 8.32. The molecule has 0 atom stereocenters. The van der Waals surface area contributed by atoms with Crippen molar-refractivity contribution in [1.82, 2.24) is 15.5 Å². The van der Waals surface area contributed by atoms with Gasteiger partial charge in [-0.2, -0.15) is 0 Å². The van der Waals surface area contributed by atoms with E-state index in [9.17, 15) is 0 Å². The molecular weight excluding hydrogens is 270 g/mol. The Bertz CT molecular complexity index is 569. The molecule has 0 fully saturated rings. The molecule has 1 aromatic carbocycles. The molecule has 1 heterocycles. The molecule has 0 unspecified atom stereocenters. The lowest BCUT2D eigenvalue weighted by molar-refractivity contribution is 0.240. The SMILES string of the molecule is CCNCc1ccc(OCc2nnc(C)o2)c(OCC)c1. The lowest BCUT2D eigenvalue weighted by Crippen LogP contribution is -2.12. The average molecular weight is 291 g/mol. The van der Waals surface area contributed by atoms with Crippen LogP contribution in [0.3, 0.4) is 0 Å². The van der Waals surface area contributed by atoms with Crippen LogP contribution in [0.15, 0.2) is 22.6 Å². The molecule has 2 aromatic rings. The number of hydrogen-bond acceptors (Lipinski definition) is 6. The van der Waals surface area contributed by atoms with Crippen molar-refractivity contribution < 1.29 is 13.9 Å². The van der Waals surface area contributed by atoms with Crippen LogP contribution in [0.4, 0.5) is 0 Å². The summed E-state index contributed by atoms with van der Waals surface area (Å²) in [5, 5.41) is 11.0. The second-order valence-corrected chi connectivity index (χ2v) is 4.50. The van der Waals surface area contributed by atoms with Gasteiger partial charge >= 0.3 is 0 Å². The van der Waals surface area contributed by atoms with Gasteiger partial charge < -0.3 is 19.2 Å². The Kier molecular flexibility index (Phi) is 5.57. The van der Waals surface area contributed by atoms with Crippen molar-refractivity contribution in [2.75, 3.05) is 13.2 Å². The van der Waals surface area contributed by atoms with Crippen molar-refractivity contribution >= 4 is 0 Å². The summed E-state index contributed by atoms with van der Waals surface area (Å²) in [6.07, 6.45) is 0. The van der Waals surface area contributed by atoms with Gasteiger partial charge in [0.15, 0.2) is 18.1 Å². The molecule has 1 aromatic heterocycles. The van der Waals surface area contributed by atoms with E-state index in [1.54, 1.807) is 6.92 Å². The van der Waals surface area contributed by atoms with Crippen LogP contribution in [0.2, 0.25) is 0 Å². The van der Waals surface area contributed by atoms with Gasteiger partial charge in [-0.15, -0.1) is 10.2 Å². The summed E-state index contributed by atoms with van der Waals surface area (Å²) in [5.41, 5.74) is 1.15. The molecule has 0 amide bonds. The normalized spacial score (nSPS) is 10.6. The first-order valence-corrected chi connectivity index (χ1v) is 7.11. The van der Waals surface area contributed by atoms with Crippen LogP contribution in [0, 0.1) is 6.92 Å². The fourth-order valence-corrected chi connectivity index (χ4v) is 1.85. The number of aryl methyl sites for hydroxylation is 1. The van der Waals surface area contributed by atoms with Crippen molar-refractivity contribution in [1.29, 1.82) is 0 Å². The number of hydrogen-bond donors (Lipinski definition) is 1. The molecule has 0 bridgehead atoms. The number of nitrogens with zero attached hydrogens (tertiary/aromatic N) is 2. The summed E-state index contributed by atoms with van der Waals surface area (Å²) in [6, 6.07) is 5.90. The molecule has 2 rings (SSSR count). The highest BCUT2D eigenvalue weighted by atomic mass is 16.5. The monoisotopic (exact) mass is 291 g/mol. The van der Waals surface area contributed by atoms with E-state index >= 15 is 0 Å². The topological polar surface area (TPSA) is 69.4 Å². The number of aromatic nitrogens is 2. The third kappa shape index (κ3) is 4.46. The van der Waals surface area contributed by atoms with E-state index in [-0.39, 0.29) is 6.61 Å². The largest absolute Gasteiger partial charge is 0.490 e. The molecule has 6 nitrogen and oxygen atoms in total. The first-order chi connectivity index (χ1) is 10.2. The van der Waals surface area contributed by atoms with E-state index < -0.39 is 0 Å². The second kappa shape index (κ2) is 7.64. The van der Waals surface area contributed by atoms with Crippen LogP contribution in [0.1, 0.15) is 31.2 Å². The number of nitrogens with one attached hydrogen (secondary N) is 1. The minimum Gasteiger partial charge on any atom is -0.490 e. The lowest BCUT2D eigenvalue weighted by atomic mass is 10.2. The van der Waals surface area contributed by atoms with Gasteiger partial charge in [-0.05, 0) is 31.2 Å². The van der Waals surface area contributed by atoms with Gasteiger partial charge in [0, 0.05) is 13.5 Å². The third-order valence-corrected chi connectivity index (χ3v) is 2.81. The maximum Gasteiger partial charge on any atom is 0.253 e. The molecule has 1 N–H and O–H groups in total. The van der Waals surface area contributed by atoms with E-state index in [4.69, 9.17) is 13.9 Å². The minimum atomic E-state index is 0.230. The highest BCUT2D eigenvalue weighted by molar-refractivity contribution is 5.43. The Balaban J connectivity index is 2.06. The smallest absolute Gasteiger partial charge is 0.253 e. The molecule has 0 aliphatic carbocycles. The Morgan fingerprint density at radius 3 is 2.67 bits per heavy atom. The predicted molar refractivity (Wildman–Crippen MR) is 78.4 cm³/mol. The van der Waals surface area contributed by atoms with Gasteiger partial charge in [0.2, 0.25) is 5.89 Å².